The molecule has 0 aliphatic carbocycles. The zero-order valence-electron chi connectivity index (χ0n) is 17.2. The molecule has 0 radical (unpaired) electrons. The number of hydrogen-bond donors (Lipinski definition) is 1. The van der Waals surface area contributed by atoms with Crippen LogP contribution in [0.1, 0.15) is 5.56 Å². The van der Waals surface area contributed by atoms with Crippen LogP contribution >= 0.6 is 23.1 Å². The average molecular weight is 491 g/mol. The number of benzene rings is 2. The van der Waals surface area contributed by atoms with E-state index in [9.17, 15) is 18.0 Å². The highest BCUT2D eigenvalue weighted by molar-refractivity contribution is 7.99. The monoisotopic (exact) mass is 490 g/mol. The van der Waals surface area contributed by atoms with Gasteiger partial charge in [-0.2, -0.15) is 13.2 Å². The Kier molecular flexibility index (Phi) is 6.70. The molecule has 33 heavy (non-hydrogen) atoms. The number of thiophene rings is 1. The van der Waals surface area contributed by atoms with E-state index in [1.807, 2.05) is 35.7 Å². The number of para-hydroxylation sites is 3. The van der Waals surface area contributed by atoms with Gasteiger partial charge in [0.05, 0.1) is 34.7 Å². The average Bonchev–Trinajstić information content (AvgIpc) is 3.47. The molecule has 2 aromatic carbocycles. The number of carbonyl (C=O) groups excluding carboxylic acids is 1. The van der Waals surface area contributed by atoms with Crippen LogP contribution in [0.25, 0.3) is 16.4 Å². The number of ether oxygens (including phenoxy) is 1. The Hall–Kier alpha value is -3.31. The highest BCUT2D eigenvalue weighted by Crippen LogP contribution is 2.36. The normalized spacial score (nSPS) is 11.4. The van der Waals surface area contributed by atoms with E-state index < -0.39 is 17.6 Å². The Morgan fingerprint density at radius 2 is 1.85 bits per heavy atom. The molecule has 170 valence electrons. The second kappa shape index (κ2) is 9.67. The van der Waals surface area contributed by atoms with Crippen LogP contribution in [-0.4, -0.2) is 33.5 Å². The minimum absolute atomic E-state index is 0.163. The number of aromatic nitrogens is 3. The molecule has 6 nitrogen and oxygen atoms in total. The number of rotatable bonds is 7. The van der Waals surface area contributed by atoms with Crippen LogP contribution in [-0.2, 0) is 11.0 Å². The van der Waals surface area contributed by atoms with Crippen LogP contribution in [0.2, 0.25) is 0 Å². The summed E-state index contributed by atoms with van der Waals surface area (Å²) in [5.41, 5.74) is -0.514. The summed E-state index contributed by atoms with van der Waals surface area (Å²) >= 11 is 2.55. The molecule has 0 aliphatic rings. The van der Waals surface area contributed by atoms with Crippen LogP contribution in [0.15, 0.2) is 71.2 Å². The molecular formula is C22H17F3N4O2S2. The van der Waals surface area contributed by atoms with E-state index in [-0.39, 0.29) is 11.4 Å². The van der Waals surface area contributed by atoms with Crippen molar-refractivity contribution in [3.63, 3.8) is 0 Å². The van der Waals surface area contributed by atoms with Gasteiger partial charge in [0.2, 0.25) is 5.91 Å². The standard InChI is InChI=1S/C22H17F3N4O2S2/c1-31-17-10-5-4-9-16(17)29-20(18-11-6-12-32-18)27-28-21(29)33-13-19(30)26-15-8-3-2-7-14(15)22(23,24)25/h2-12H,13H2,1H3,(H,26,30). The first-order chi connectivity index (χ1) is 15.9. The molecule has 0 saturated heterocycles. The highest BCUT2D eigenvalue weighted by Gasteiger charge is 2.33. The van der Waals surface area contributed by atoms with Crippen LogP contribution in [0.4, 0.5) is 18.9 Å². The zero-order chi connectivity index (χ0) is 23.4. The summed E-state index contributed by atoms with van der Waals surface area (Å²) in [4.78, 5) is 13.4. The number of halogens is 3. The lowest BCUT2D eigenvalue weighted by Crippen LogP contribution is -2.18. The molecule has 0 fully saturated rings. The number of thioether (sulfide) groups is 1. The van der Waals surface area contributed by atoms with Crippen molar-refractivity contribution >= 4 is 34.7 Å². The molecule has 2 heterocycles. The molecule has 4 rings (SSSR count). The number of methoxy groups -OCH3 is 1. The Labute approximate surface area is 195 Å². The first kappa shape index (κ1) is 22.9. The van der Waals surface area contributed by atoms with Gasteiger partial charge in [0.25, 0.3) is 0 Å². The number of amides is 1. The molecule has 2 aromatic heterocycles. The van der Waals surface area contributed by atoms with Gasteiger partial charge in [0.15, 0.2) is 11.0 Å². The van der Waals surface area contributed by atoms with Crippen molar-refractivity contribution in [3.05, 3.63) is 71.6 Å². The molecule has 0 spiro atoms. The zero-order valence-corrected chi connectivity index (χ0v) is 18.8. The Morgan fingerprint density at radius 1 is 1.09 bits per heavy atom. The number of hydrogen-bond acceptors (Lipinski definition) is 6. The lowest BCUT2D eigenvalue weighted by Gasteiger charge is -2.14. The quantitative estimate of drug-likeness (QED) is 0.334. The SMILES string of the molecule is COc1ccccc1-n1c(SCC(=O)Nc2ccccc2C(F)(F)F)nnc1-c1cccs1. The smallest absolute Gasteiger partial charge is 0.418 e. The molecule has 1 amide bonds. The lowest BCUT2D eigenvalue weighted by atomic mass is 10.1. The van der Waals surface area contributed by atoms with E-state index in [0.717, 1.165) is 22.7 Å². The van der Waals surface area contributed by atoms with Crippen LogP contribution in [0.5, 0.6) is 5.75 Å². The fourth-order valence-corrected chi connectivity index (χ4v) is 4.56. The van der Waals surface area contributed by atoms with E-state index in [0.29, 0.717) is 22.4 Å². The predicted octanol–water partition coefficient (Wildman–Crippen LogP) is 5.75. The van der Waals surface area contributed by atoms with Crippen molar-refractivity contribution < 1.29 is 22.7 Å². The summed E-state index contributed by atoms with van der Waals surface area (Å²) in [5.74, 6) is 0.397. The van der Waals surface area contributed by atoms with Gasteiger partial charge in [0.1, 0.15) is 5.75 Å². The van der Waals surface area contributed by atoms with Crippen LogP contribution in [0.3, 0.4) is 0 Å². The number of nitrogens with zero attached hydrogens (tertiary/aromatic N) is 3. The van der Waals surface area contributed by atoms with Crippen molar-refractivity contribution in [2.45, 2.75) is 11.3 Å². The van der Waals surface area contributed by atoms with Crippen molar-refractivity contribution in [2.75, 3.05) is 18.2 Å². The third kappa shape index (κ3) is 5.04. The summed E-state index contributed by atoms with van der Waals surface area (Å²) in [5, 5.41) is 13.2. The van der Waals surface area contributed by atoms with Gasteiger partial charge in [-0.1, -0.05) is 42.1 Å². The van der Waals surface area contributed by atoms with Gasteiger partial charge in [-0.15, -0.1) is 21.5 Å². The third-order valence-electron chi connectivity index (χ3n) is 4.54. The van der Waals surface area contributed by atoms with Crippen LogP contribution < -0.4 is 10.1 Å². The molecule has 0 atom stereocenters. The molecule has 11 heteroatoms. The summed E-state index contributed by atoms with van der Waals surface area (Å²) in [6.07, 6.45) is -4.57. The van der Waals surface area contributed by atoms with Gasteiger partial charge in [-0.3, -0.25) is 9.36 Å². The number of anilines is 1. The van der Waals surface area contributed by atoms with Crippen molar-refractivity contribution in [1.82, 2.24) is 14.8 Å². The maximum atomic E-state index is 13.2. The van der Waals surface area contributed by atoms with E-state index >= 15 is 0 Å². The minimum atomic E-state index is -4.57. The molecule has 1 N–H and O–H groups in total. The Morgan fingerprint density at radius 3 is 2.58 bits per heavy atom. The van der Waals surface area contributed by atoms with E-state index in [1.54, 1.807) is 17.7 Å². The predicted molar refractivity (Wildman–Crippen MR) is 122 cm³/mol. The second-order valence-corrected chi connectivity index (χ2v) is 8.56. The minimum Gasteiger partial charge on any atom is -0.495 e. The summed E-state index contributed by atoms with van der Waals surface area (Å²) in [7, 11) is 1.55. The summed E-state index contributed by atoms with van der Waals surface area (Å²) in [6.45, 7) is 0. The molecule has 0 saturated carbocycles. The number of carbonyl (C=O) groups is 1. The fourth-order valence-electron chi connectivity index (χ4n) is 3.12. The van der Waals surface area contributed by atoms with Gasteiger partial charge in [0, 0.05) is 0 Å². The fraction of sp³-hybridized carbons (Fsp3) is 0.136. The summed E-state index contributed by atoms with van der Waals surface area (Å²) in [6, 6.07) is 15.9. The first-order valence-electron chi connectivity index (χ1n) is 9.60. The maximum Gasteiger partial charge on any atom is 0.418 e. The molecule has 0 unspecified atom stereocenters. The second-order valence-electron chi connectivity index (χ2n) is 6.67. The largest absolute Gasteiger partial charge is 0.495 e. The summed E-state index contributed by atoms with van der Waals surface area (Å²) < 4.78 is 46.9. The van der Waals surface area contributed by atoms with E-state index in [1.165, 1.54) is 29.5 Å². The Bertz CT molecular complexity index is 1260. The van der Waals surface area contributed by atoms with Gasteiger partial charge in [-0.25, -0.2) is 0 Å². The van der Waals surface area contributed by atoms with Crippen LogP contribution in [0, 0.1) is 0 Å². The molecule has 0 bridgehead atoms. The third-order valence-corrected chi connectivity index (χ3v) is 6.33. The molecule has 4 aromatic rings. The van der Waals surface area contributed by atoms with Crippen molar-refractivity contribution in [1.29, 1.82) is 0 Å². The van der Waals surface area contributed by atoms with Gasteiger partial charge >= 0.3 is 6.18 Å². The topological polar surface area (TPSA) is 69.0 Å². The number of alkyl halides is 3. The van der Waals surface area contributed by atoms with E-state index in [4.69, 9.17) is 4.74 Å². The highest BCUT2D eigenvalue weighted by atomic mass is 32.2. The molecular weight excluding hydrogens is 473 g/mol. The Balaban J connectivity index is 1.60. The van der Waals surface area contributed by atoms with E-state index in [2.05, 4.69) is 15.5 Å². The first-order valence-corrected chi connectivity index (χ1v) is 11.5. The van der Waals surface area contributed by atoms with Crippen molar-refractivity contribution in [2.24, 2.45) is 0 Å². The molecule has 0 aliphatic heterocycles. The van der Waals surface area contributed by atoms with Gasteiger partial charge < -0.3 is 10.1 Å². The van der Waals surface area contributed by atoms with Crippen molar-refractivity contribution in [3.8, 4) is 22.1 Å². The number of nitrogens with one attached hydrogen (secondary N) is 1. The maximum absolute atomic E-state index is 13.2. The van der Waals surface area contributed by atoms with Gasteiger partial charge in [-0.05, 0) is 35.7 Å². The lowest BCUT2D eigenvalue weighted by molar-refractivity contribution is -0.137.